The first kappa shape index (κ1) is 20.2. The van der Waals surface area contributed by atoms with Crippen molar-refractivity contribution >= 4 is 23.4 Å². The Morgan fingerprint density at radius 3 is 2.35 bits per heavy atom. The van der Waals surface area contributed by atoms with Crippen LogP contribution >= 0.6 is 11.6 Å². The van der Waals surface area contributed by atoms with Crippen molar-refractivity contribution in [3.63, 3.8) is 0 Å². The number of halogens is 1. The Bertz CT molecular complexity index is 1200. The van der Waals surface area contributed by atoms with Gasteiger partial charge in [0.25, 0.3) is 11.8 Å². The quantitative estimate of drug-likeness (QED) is 0.463. The van der Waals surface area contributed by atoms with Crippen molar-refractivity contribution < 1.29 is 18.7 Å². The van der Waals surface area contributed by atoms with Crippen LogP contribution in [0.1, 0.15) is 20.8 Å². The number of aromatic nitrogens is 2. The molecule has 0 spiro atoms. The van der Waals surface area contributed by atoms with Gasteiger partial charge < -0.3 is 9.15 Å². The van der Waals surface area contributed by atoms with Gasteiger partial charge in [-0.15, -0.1) is 0 Å². The third kappa shape index (κ3) is 4.44. The summed E-state index contributed by atoms with van der Waals surface area (Å²) in [4.78, 5) is 24.9. The Labute approximate surface area is 182 Å². The van der Waals surface area contributed by atoms with Crippen molar-refractivity contribution in [3.05, 3.63) is 89.3 Å². The number of hydrogen-bond donors (Lipinski definition) is 2. The van der Waals surface area contributed by atoms with Gasteiger partial charge in [0, 0.05) is 16.7 Å². The molecule has 2 aromatic carbocycles. The van der Waals surface area contributed by atoms with E-state index in [9.17, 15) is 9.59 Å². The predicted octanol–water partition coefficient (Wildman–Crippen LogP) is 3.87. The van der Waals surface area contributed by atoms with E-state index in [-0.39, 0.29) is 5.69 Å². The smallest absolute Gasteiger partial charge is 0.290 e. The van der Waals surface area contributed by atoms with E-state index < -0.39 is 11.8 Å². The minimum atomic E-state index is -0.581. The van der Waals surface area contributed by atoms with Crippen molar-refractivity contribution in [2.45, 2.75) is 0 Å². The summed E-state index contributed by atoms with van der Waals surface area (Å²) in [5.41, 5.74) is 6.47. The van der Waals surface area contributed by atoms with Crippen molar-refractivity contribution in [2.75, 3.05) is 7.11 Å². The average molecular weight is 437 g/mol. The lowest BCUT2D eigenvalue weighted by Crippen LogP contribution is -2.41. The van der Waals surface area contributed by atoms with Crippen LogP contribution in [0.2, 0.25) is 5.02 Å². The Balaban J connectivity index is 1.54. The number of carbonyl (C=O) groups is 2. The van der Waals surface area contributed by atoms with Gasteiger partial charge in [-0.05, 0) is 60.7 Å². The molecule has 0 aliphatic rings. The van der Waals surface area contributed by atoms with E-state index in [0.717, 1.165) is 0 Å². The monoisotopic (exact) mass is 436 g/mol. The van der Waals surface area contributed by atoms with E-state index in [0.29, 0.717) is 33.5 Å². The Morgan fingerprint density at radius 1 is 1.00 bits per heavy atom. The predicted molar refractivity (Wildman–Crippen MR) is 114 cm³/mol. The fourth-order valence-corrected chi connectivity index (χ4v) is 2.99. The van der Waals surface area contributed by atoms with E-state index in [1.54, 1.807) is 71.4 Å². The van der Waals surface area contributed by atoms with E-state index >= 15 is 0 Å². The van der Waals surface area contributed by atoms with E-state index in [1.165, 1.54) is 13.4 Å². The van der Waals surface area contributed by atoms with Gasteiger partial charge in [-0.1, -0.05) is 11.6 Å². The molecular weight excluding hydrogens is 420 g/mol. The summed E-state index contributed by atoms with van der Waals surface area (Å²) in [6, 6.07) is 18.5. The molecular formula is C22H17ClN4O4. The summed E-state index contributed by atoms with van der Waals surface area (Å²) in [6.45, 7) is 0. The largest absolute Gasteiger partial charge is 0.497 e. The highest BCUT2D eigenvalue weighted by Crippen LogP contribution is 2.25. The summed E-state index contributed by atoms with van der Waals surface area (Å²) < 4.78 is 12.1. The second kappa shape index (κ2) is 8.76. The molecule has 0 atom stereocenters. The van der Waals surface area contributed by atoms with Crippen molar-refractivity contribution in [1.29, 1.82) is 0 Å². The van der Waals surface area contributed by atoms with Gasteiger partial charge in [-0.2, -0.15) is 5.10 Å². The van der Waals surface area contributed by atoms with Crippen LogP contribution in [-0.4, -0.2) is 28.7 Å². The van der Waals surface area contributed by atoms with Gasteiger partial charge in [0.2, 0.25) is 0 Å². The normalized spacial score (nSPS) is 10.5. The molecule has 0 saturated carbocycles. The maximum atomic E-state index is 12.6. The van der Waals surface area contributed by atoms with E-state index in [1.807, 2.05) is 0 Å². The van der Waals surface area contributed by atoms with Gasteiger partial charge in [0.1, 0.15) is 11.4 Å². The summed E-state index contributed by atoms with van der Waals surface area (Å²) in [7, 11) is 1.54. The maximum absolute atomic E-state index is 12.6. The molecule has 0 unspecified atom stereocenters. The number of methoxy groups -OCH3 is 1. The van der Waals surface area contributed by atoms with Crippen LogP contribution in [-0.2, 0) is 0 Å². The fraction of sp³-hybridized carbons (Fsp3) is 0.0455. The van der Waals surface area contributed by atoms with Crippen LogP contribution in [0.5, 0.6) is 5.75 Å². The second-order valence-electron chi connectivity index (χ2n) is 6.42. The zero-order valence-electron chi connectivity index (χ0n) is 16.3. The lowest BCUT2D eigenvalue weighted by molar-refractivity contribution is 0.0843. The zero-order chi connectivity index (χ0) is 21.8. The third-order valence-electron chi connectivity index (χ3n) is 4.43. The number of nitrogens with one attached hydrogen (secondary N) is 2. The number of carbonyl (C=O) groups excluding carboxylic acids is 2. The van der Waals surface area contributed by atoms with Gasteiger partial charge in [0.05, 0.1) is 19.1 Å². The third-order valence-corrected chi connectivity index (χ3v) is 4.68. The molecule has 0 radical (unpaired) electrons. The molecule has 4 aromatic rings. The summed E-state index contributed by atoms with van der Waals surface area (Å²) in [6.07, 6.45) is 1.53. The molecule has 156 valence electrons. The van der Waals surface area contributed by atoms with Crippen molar-refractivity contribution in [3.8, 4) is 22.9 Å². The lowest BCUT2D eigenvalue weighted by Gasteiger charge is -2.07. The number of rotatable bonds is 5. The van der Waals surface area contributed by atoms with Crippen LogP contribution in [0, 0.1) is 0 Å². The molecule has 2 N–H and O–H groups in total. The van der Waals surface area contributed by atoms with Gasteiger partial charge in [-0.3, -0.25) is 20.4 Å². The van der Waals surface area contributed by atoms with Crippen molar-refractivity contribution in [1.82, 2.24) is 20.6 Å². The molecule has 0 aliphatic heterocycles. The Hall–Kier alpha value is -4.04. The van der Waals surface area contributed by atoms with E-state index in [2.05, 4.69) is 16.0 Å². The number of amides is 2. The number of ether oxygens (including phenoxy) is 1. The number of hydrazine groups is 1. The summed E-state index contributed by atoms with van der Waals surface area (Å²) >= 11 is 5.97. The molecule has 0 fully saturated rings. The highest BCUT2D eigenvalue weighted by Gasteiger charge is 2.19. The standard InChI is InChI=1S/C22H17ClN4O4/c1-30-17-10-4-14(5-11-17)21(28)24-25-22(29)18-13-19(20-3-2-12-31-20)27(26-18)16-8-6-15(23)7-9-16/h2-13H,1H3,(H,24,28)(H,25,29). The van der Waals surface area contributed by atoms with Crippen LogP contribution in [0.15, 0.2) is 77.4 Å². The minimum absolute atomic E-state index is 0.0939. The lowest BCUT2D eigenvalue weighted by atomic mass is 10.2. The van der Waals surface area contributed by atoms with Crippen LogP contribution < -0.4 is 15.6 Å². The molecule has 31 heavy (non-hydrogen) atoms. The maximum Gasteiger partial charge on any atom is 0.290 e. The Kier molecular flexibility index (Phi) is 5.72. The SMILES string of the molecule is COc1ccc(C(=O)NNC(=O)c2cc(-c3ccco3)n(-c3ccc(Cl)cc3)n2)cc1. The second-order valence-corrected chi connectivity index (χ2v) is 6.85. The summed E-state index contributed by atoms with van der Waals surface area (Å²) in [5, 5.41) is 4.95. The number of benzene rings is 2. The number of hydrogen-bond acceptors (Lipinski definition) is 5. The minimum Gasteiger partial charge on any atom is -0.497 e. The zero-order valence-corrected chi connectivity index (χ0v) is 17.1. The fourth-order valence-electron chi connectivity index (χ4n) is 2.86. The molecule has 8 nitrogen and oxygen atoms in total. The first-order chi connectivity index (χ1) is 15.0. The first-order valence-corrected chi connectivity index (χ1v) is 9.57. The van der Waals surface area contributed by atoms with E-state index in [4.69, 9.17) is 20.8 Å². The molecule has 4 rings (SSSR count). The van der Waals surface area contributed by atoms with Crippen LogP contribution in [0.3, 0.4) is 0 Å². The molecule has 0 bridgehead atoms. The molecule has 0 saturated heterocycles. The number of furan rings is 1. The molecule has 2 heterocycles. The van der Waals surface area contributed by atoms with Crippen LogP contribution in [0.25, 0.3) is 17.1 Å². The molecule has 2 aromatic heterocycles. The number of nitrogens with zero attached hydrogens (tertiary/aromatic N) is 2. The first-order valence-electron chi connectivity index (χ1n) is 9.20. The highest BCUT2D eigenvalue weighted by atomic mass is 35.5. The molecule has 2 amide bonds. The van der Waals surface area contributed by atoms with Gasteiger partial charge in [0.15, 0.2) is 11.5 Å². The molecule has 9 heteroatoms. The topological polar surface area (TPSA) is 98.4 Å². The summed E-state index contributed by atoms with van der Waals surface area (Å²) in [5.74, 6) is 0.101. The van der Waals surface area contributed by atoms with Gasteiger partial charge >= 0.3 is 0 Å². The Morgan fingerprint density at radius 2 is 1.71 bits per heavy atom. The van der Waals surface area contributed by atoms with Gasteiger partial charge in [-0.25, -0.2) is 4.68 Å². The average Bonchev–Trinajstić information content (AvgIpc) is 3.48. The highest BCUT2D eigenvalue weighted by molar-refractivity contribution is 6.30. The van der Waals surface area contributed by atoms with Crippen molar-refractivity contribution in [2.24, 2.45) is 0 Å². The molecule has 0 aliphatic carbocycles. The van der Waals surface area contributed by atoms with Crippen LogP contribution in [0.4, 0.5) is 0 Å².